The van der Waals surface area contributed by atoms with Crippen molar-refractivity contribution < 1.29 is 4.79 Å². The van der Waals surface area contributed by atoms with Gasteiger partial charge in [-0.2, -0.15) is 5.26 Å². The second-order valence-corrected chi connectivity index (χ2v) is 7.27. The monoisotopic (exact) mass is 351 g/mol. The molecule has 1 aromatic carbocycles. The maximum atomic E-state index is 12.8. The number of thioether (sulfide) groups is 1. The van der Waals surface area contributed by atoms with Crippen molar-refractivity contribution >= 4 is 23.4 Å². The van der Waals surface area contributed by atoms with Crippen LogP contribution in [0.2, 0.25) is 0 Å². The third kappa shape index (κ3) is 3.40. The first-order valence-electron chi connectivity index (χ1n) is 8.42. The summed E-state index contributed by atoms with van der Waals surface area (Å²) >= 11 is 1.36. The smallest absolute Gasteiger partial charge is 0.237 e. The van der Waals surface area contributed by atoms with E-state index < -0.39 is 0 Å². The second kappa shape index (κ2) is 7.28. The maximum Gasteiger partial charge on any atom is 0.237 e. The van der Waals surface area contributed by atoms with Gasteiger partial charge in [-0.15, -0.1) is 0 Å². The van der Waals surface area contributed by atoms with Crippen LogP contribution in [0.15, 0.2) is 29.3 Å². The minimum atomic E-state index is 0.0683. The van der Waals surface area contributed by atoms with E-state index in [4.69, 9.17) is 0 Å². The molecule has 1 aromatic heterocycles. The fourth-order valence-corrected chi connectivity index (χ4v) is 4.11. The van der Waals surface area contributed by atoms with E-state index in [0.29, 0.717) is 10.6 Å². The number of nitrogens with zero attached hydrogens (tertiary/aromatic N) is 3. The van der Waals surface area contributed by atoms with E-state index in [0.717, 1.165) is 41.9 Å². The molecule has 25 heavy (non-hydrogen) atoms. The first kappa shape index (κ1) is 17.5. The lowest BCUT2D eigenvalue weighted by Crippen LogP contribution is -2.36. The molecule has 1 aliphatic rings. The Bertz CT molecular complexity index is 870. The number of carbonyl (C=O) groups is 1. The van der Waals surface area contributed by atoms with Crippen molar-refractivity contribution in [3.8, 4) is 6.07 Å². The Labute approximate surface area is 152 Å². The summed E-state index contributed by atoms with van der Waals surface area (Å²) < 4.78 is 0. The summed E-state index contributed by atoms with van der Waals surface area (Å²) in [7, 11) is 0. The second-order valence-electron chi connectivity index (χ2n) is 6.31. The number of nitriles is 1. The molecule has 0 saturated heterocycles. The zero-order chi connectivity index (χ0) is 18.0. The molecule has 0 fully saturated rings. The van der Waals surface area contributed by atoms with Crippen LogP contribution in [-0.4, -0.2) is 23.2 Å². The topological polar surface area (TPSA) is 57.0 Å². The molecule has 2 heterocycles. The zero-order valence-electron chi connectivity index (χ0n) is 14.8. The van der Waals surface area contributed by atoms with Gasteiger partial charge in [0.05, 0.1) is 11.3 Å². The summed E-state index contributed by atoms with van der Waals surface area (Å²) in [5, 5.41) is 10.1. The fourth-order valence-electron chi connectivity index (χ4n) is 3.15. The number of aromatic nitrogens is 1. The van der Waals surface area contributed by atoms with Gasteiger partial charge in [-0.3, -0.25) is 4.79 Å². The van der Waals surface area contributed by atoms with E-state index in [1.165, 1.54) is 17.3 Å². The molecule has 0 bridgehead atoms. The molecule has 0 saturated carbocycles. The van der Waals surface area contributed by atoms with Gasteiger partial charge in [0.15, 0.2) is 0 Å². The van der Waals surface area contributed by atoms with Gasteiger partial charge in [0.2, 0.25) is 5.91 Å². The molecule has 0 unspecified atom stereocenters. The number of pyridine rings is 1. The SMILES string of the molecule is Cc1nc(SCC(=O)N2CCCc3ccccc32)c(C#N)c(C)c1C. The van der Waals surface area contributed by atoms with E-state index in [1.54, 1.807) is 0 Å². The predicted octanol–water partition coefficient (Wildman–Crippen LogP) is 3.95. The lowest BCUT2D eigenvalue weighted by atomic mass is 10.0. The third-order valence-corrected chi connectivity index (χ3v) is 5.78. The van der Waals surface area contributed by atoms with Crippen molar-refractivity contribution in [2.45, 2.75) is 38.6 Å². The minimum Gasteiger partial charge on any atom is -0.311 e. The summed E-state index contributed by atoms with van der Waals surface area (Å²) in [5.41, 5.74) is 5.73. The van der Waals surface area contributed by atoms with E-state index in [2.05, 4.69) is 17.1 Å². The van der Waals surface area contributed by atoms with Crippen LogP contribution in [0.5, 0.6) is 0 Å². The highest BCUT2D eigenvalue weighted by atomic mass is 32.2. The number of anilines is 1. The van der Waals surface area contributed by atoms with Crippen LogP contribution in [-0.2, 0) is 11.2 Å². The van der Waals surface area contributed by atoms with Crippen molar-refractivity contribution in [3.05, 3.63) is 52.2 Å². The summed E-state index contributed by atoms with van der Waals surface area (Å²) in [6, 6.07) is 10.3. The molecule has 0 spiro atoms. The summed E-state index contributed by atoms with van der Waals surface area (Å²) in [5.74, 6) is 0.358. The van der Waals surface area contributed by atoms with Crippen molar-refractivity contribution in [2.24, 2.45) is 0 Å². The summed E-state index contributed by atoms with van der Waals surface area (Å²) in [4.78, 5) is 19.2. The Morgan fingerprint density at radius 3 is 2.80 bits per heavy atom. The van der Waals surface area contributed by atoms with Gasteiger partial charge >= 0.3 is 0 Å². The highest BCUT2D eigenvalue weighted by molar-refractivity contribution is 8.00. The van der Waals surface area contributed by atoms with Crippen molar-refractivity contribution in [1.82, 2.24) is 4.98 Å². The first-order chi connectivity index (χ1) is 12.0. The van der Waals surface area contributed by atoms with Gasteiger partial charge in [-0.1, -0.05) is 30.0 Å². The number of amides is 1. The Morgan fingerprint density at radius 2 is 2.04 bits per heavy atom. The normalized spacial score (nSPS) is 13.3. The van der Waals surface area contributed by atoms with Crippen LogP contribution < -0.4 is 4.90 Å². The van der Waals surface area contributed by atoms with Crippen LogP contribution in [0, 0.1) is 32.1 Å². The lowest BCUT2D eigenvalue weighted by Gasteiger charge is -2.29. The Kier molecular flexibility index (Phi) is 5.10. The van der Waals surface area contributed by atoms with E-state index >= 15 is 0 Å². The number of rotatable bonds is 3. The molecular formula is C20H21N3OS. The Hall–Kier alpha value is -2.32. The first-order valence-corrected chi connectivity index (χ1v) is 9.40. The number of para-hydroxylation sites is 1. The molecule has 0 atom stereocenters. The minimum absolute atomic E-state index is 0.0683. The van der Waals surface area contributed by atoms with Gasteiger partial charge in [0.25, 0.3) is 0 Å². The average Bonchev–Trinajstić information content (AvgIpc) is 2.63. The van der Waals surface area contributed by atoms with Crippen LogP contribution in [0.25, 0.3) is 0 Å². The van der Waals surface area contributed by atoms with Gasteiger partial charge in [0.1, 0.15) is 11.1 Å². The Morgan fingerprint density at radius 1 is 1.28 bits per heavy atom. The van der Waals surface area contributed by atoms with Crippen LogP contribution in [0.4, 0.5) is 5.69 Å². The summed E-state index contributed by atoms with van der Waals surface area (Å²) in [6.45, 7) is 6.61. The average molecular weight is 351 g/mol. The molecule has 0 radical (unpaired) electrons. The molecule has 3 rings (SSSR count). The number of hydrogen-bond donors (Lipinski definition) is 0. The van der Waals surface area contributed by atoms with E-state index in [1.807, 2.05) is 43.9 Å². The fraction of sp³-hybridized carbons (Fsp3) is 0.350. The highest BCUT2D eigenvalue weighted by Crippen LogP contribution is 2.30. The standard InChI is InChI=1S/C20H21N3OS/c1-13-14(2)17(11-21)20(22-15(13)3)25-12-19(24)23-10-6-8-16-7-4-5-9-18(16)23/h4-5,7,9H,6,8,10,12H2,1-3H3. The van der Waals surface area contributed by atoms with Crippen molar-refractivity contribution in [2.75, 3.05) is 17.2 Å². The molecule has 0 N–H and O–H groups in total. The Balaban J connectivity index is 1.80. The molecule has 1 aliphatic heterocycles. The van der Waals surface area contributed by atoms with Crippen LogP contribution in [0.3, 0.4) is 0 Å². The number of fused-ring (bicyclic) bond motifs is 1. The highest BCUT2D eigenvalue weighted by Gasteiger charge is 2.23. The third-order valence-electron chi connectivity index (χ3n) is 4.82. The van der Waals surface area contributed by atoms with Gasteiger partial charge in [-0.05, 0) is 56.4 Å². The maximum absolute atomic E-state index is 12.8. The molecule has 5 heteroatoms. The zero-order valence-corrected chi connectivity index (χ0v) is 15.6. The van der Waals surface area contributed by atoms with Crippen LogP contribution >= 0.6 is 11.8 Å². The van der Waals surface area contributed by atoms with Crippen LogP contribution in [0.1, 0.15) is 34.4 Å². The van der Waals surface area contributed by atoms with Gasteiger partial charge in [-0.25, -0.2) is 4.98 Å². The van der Waals surface area contributed by atoms with Gasteiger partial charge < -0.3 is 4.90 Å². The number of aryl methyl sites for hydroxylation is 2. The lowest BCUT2D eigenvalue weighted by molar-refractivity contribution is -0.116. The van der Waals surface area contributed by atoms with E-state index in [-0.39, 0.29) is 11.7 Å². The number of hydrogen-bond acceptors (Lipinski definition) is 4. The largest absolute Gasteiger partial charge is 0.311 e. The molecule has 0 aliphatic carbocycles. The van der Waals surface area contributed by atoms with Crippen molar-refractivity contribution in [3.63, 3.8) is 0 Å². The molecule has 1 amide bonds. The molecular weight excluding hydrogens is 330 g/mol. The van der Waals surface area contributed by atoms with Gasteiger partial charge in [0, 0.05) is 17.9 Å². The van der Waals surface area contributed by atoms with Crippen molar-refractivity contribution in [1.29, 1.82) is 5.26 Å². The summed E-state index contributed by atoms with van der Waals surface area (Å²) in [6.07, 6.45) is 2.00. The molecule has 4 nitrogen and oxygen atoms in total. The number of carbonyl (C=O) groups excluding carboxylic acids is 1. The molecule has 2 aromatic rings. The number of benzene rings is 1. The van der Waals surface area contributed by atoms with E-state index in [9.17, 15) is 10.1 Å². The molecule has 128 valence electrons. The quantitative estimate of drug-likeness (QED) is 0.786. The predicted molar refractivity (Wildman–Crippen MR) is 101 cm³/mol.